The highest BCUT2D eigenvalue weighted by Crippen LogP contribution is 2.30. The predicted molar refractivity (Wildman–Crippen MR) is 115 cm³/mol. The molecule has 1 saturated carbocycles. The van der Waals surface area contributed by atoms with Gasteiger partial charge < -0.3 is 9.88 Å². The summed E-state index contributed by atoms with van der Waals surface area (Å²) in [5, 5.41) is 10.2. The van der Waals surface area contributed by atoms with Crippen LogP contribution in [0.25, 0.3) is 0 Å². The number of rotatable bonds is 9. The summed E-state index contributed by atoms with van der Waals surface area (Å²) in [5.74, 6) is 0.402. The lowest BCUT2D eigenvalue weighted by atomic mass is 10.1. The molecule has 12 heteroatoms. The second-order valence-corrected chi connectivity index (χ2v) is 9.60. The molecule has 3 aromatic rings. The number of nitrogens with one attached hydrogen (secondary N) is 1. The largest absolute Gasteiger partial charge is 0.367 e. The van der Waals surface area contributed by atoms with E-state index in [-0.39, 0.29) is 24.3 Å². The molecule has 4 rings (SSSR count). The van der Waals surface area contributed by atoms with Crippen LogP contribution in [-0.4, -0.2) is 46.4 Å². The van der Waals surface area contributed by atoms with Crippen molar-refractivity contribution in [2.45, 2.75) is 31.8 Å². The molecule has 0 spiro atoms. The summed E-state index contributed by atoms with van der Waals surface area (Å²) in [6, 6.07) is 1.93. The molecular formula is C19H22N6O4S2. The van der Waals surface area contributed by atoms with Gasteiger partial charge in [-0.15, -0.1) is 11.3 Å². The van der Waals surface area contributed by atoms with Gasteiger partial charge in [-0.05, 0) is 42.2 Å². The molecule has 3 aromatic heterocycles. The number of hydrogen-bond donors (Lipinski definition) is 2. The van der Waals surface area contributed by atoms with Crippen LogP contribution in [0.5, 0.6) is 0 Å². The first-order valence-corrected chi connectivity index (χ1v) is 12.0. The maximum Gasteiger partial charge on any atom is 0.333 e. The molecule has 0 saturated heterocycles. The molecule has 0 aliphatic heterocycles. The topological polar surface area (TPSA) is 142 Å². The fourth-order valence-corrected chi connectivity index (χ4v) is 4.89. The third-order valence-corrected chi connectivity index (χ3v) is 6.55. The summed E-state index contributed by atoms with van der Waals surface area (Å²) in [5.41, 5.74) is 1.42. The van der Waals surface area contributed by atoms with Gasteiger partial charge in [0.2, 0.25) is 5.78 Å². The normalized spacial score (nSPS) is 18.9. The fraction of sp³-hybridized carbons (Fsp3) is 0.368. The third-order valence-electron chi connectivity index (χ3n) is 5.11. The van der Waals surface area contributed by atoms with Gasteiger partial charge in [-0.25, -0.2) is 20.1 Å². The van der Waals surface area contributed by atoms with Crippen LogP contribution in [0.15, 0.2) is 42.7 Å². The van der Waals surface area contributed by atoms with Crippen LogP contribution < -0.4 is 10.5 Å². The van der Waals surface area contributed by atoms with Crippen molar-refractivity contribution in [2.75, 3.05) is 11.9 Å². The first-order chi connectivity index (χ1) is 14.9. The Balaban J connectivity index is 1.42. The first kappa shape index (κ1) is 21.6. The Labute approximate surface area is 183 Å². The molecule has 0 amide bonds. The second kappa shape index (κ2) is 9.22. The Morgan fingerprint density at radius 1 is 1.35 bits per heavy atom. The number of nitrogens with two attached hydrogens (primary N) is 1. The Bertz CT molecular complexity index is 1150. The molecule has 3 N–H and O–H groups in total. The molecule has 31 heavy (non-hydrogen) atoms. The maximum absolute atomic E-state index is 13.1. The van der Waals surface area contributed by atoms with Gasteiger partial charge in [0.25, 0.3) is 0 Å². The third kappa shape index (κ3) is 5.73. The number of imidazole rings is 1. The summed E-state index contributed by atoms with van der Waals surface area (Å²) in [6.07, 6.45) is 10.5. The summed E-state index contributed by atoms with van der Waals surface area (Å²) < 4.78 is 28.6. The zero-order valence-electron chi connectivity index (χ0n) is 16.5. The highest BCUT2D eigenvalue weighted by Gasteiger charge is 2.27. The van der Waals surface area contributed by atoms with E-state index < -0.39 is 10.3 Å². The monoisotopic (exact) mass is 462 g/mol. The molecule has 3 heterocycles. The smallest absolute Gasteiger partial charge is 0.333 e. The molecule has 2 atom stereocenters. The second-order valence-electron chi connectivity index (χ2n) is 7.47. The summed E-state index contributed by atoms with van der Waals surface area (Å²) >= 11 is 1.38. The minimum absolute atomic E-state index is 0.0515. The maximum atomic E-state index is 13.1. The summed E-state index contributed by atoms with van der Waals surface area (Å²) in [4.78, 5) is 26.0. The number of thiophene rings is 1. The van der Waals surface area contributed by atoms with E-state index in [1.54, 1.807) is 12.5 Å². The Morgan fingerprint density at radius 3 is 3.00 bits per heavy atom. The average Bonchev–Trinajstić information content (AvgIpc) is 3.49. The highest BCUT2D eigenvalue weighted by molar-refractivity contribution is 7.84. The zero-order chi connectivity index (χ0) is 21.8. The molecule has 1 fully saturated rings. The minimum Gasteiger partial charge on any atom is -0.367 e. The quantitative estimate of drug-likeness (QED) is 0.459. The van der Waals surface area contributed by atoms with Gasteiger partial charge in [0.15, 0.2) is 0 Å². The number of hydrogen-bond acceptors (Lipinski definition) is 9. The highest BCUT2D eigenvalue weighted by atomic mass is 32.2. The SMILES string of the molecule is NS(=O)(=O)OC[C@@H]1CC[C@H](Nc2ncncc2C(=O)c2cc(Cn3ccnc3)cs2)C1. The van der Waals surface area contributed by atoms with E-state index in [1.165, 1.54) is 23.9 Å². The van der Waals surface area contributed by atoms with Crippen molar-refractivity contribution in [3.63, 3.8) is 0 Å². The van der Waals surface area contributed by atoms with Gasteiger partial charge >= 0.3 is 10.3 Å². The van der Waals surface area contributed by atoms with Crippen molar-refractivity contribution < 1.29 is 17.4 Å². The van der Waals surface area contributed by atoms with Crippen molar-refractivity contribution >= 4 is 33.2 Å². The van der Waals surface area contributed by atoms with Crippen LogP contribution in [0.4, 0.5) is 5.82 Å². The van der Waals surface area contributed by atoms with Gasteiger partial charge in [-0.3, -0.25) is 8.98 Å². The number of carbonyl (C=O) groups excluding carboxylic acids is 1. The van der Waals surface area contributed by atoms with Crippen molar-refractivity contribution in [3.05, 3.63) is 58.7 Å². The fourth-order valence-electron chi connectivity index (χ4n) is 3.65. The van der Waals surface area contributed by atoms with Crippen LogP contribution in [0.1, 0.15) is 40.1 Å². The van der Waals surface area contributed by atoms with Gasteiger partial charge in [0, 0.05) is 31.2 Å². The molecule has 1 aliphatic rings. The van der Waals surface area contributed by atoms with Crippen molar-refractivity contribution in [3.8, 4) is 0 Å². The summed E-state index contributed by atoms with van der Waals surface area (Å²) in [6.45, 7) is 0.700. The standard InChI is InChI=1S/C19H22N6O4S2/c20-31(27,28)29-9-13-1-2-15(5-13)24-19-16(7-22-11-23-19)18(26)17-6-14(10-30-17)8-25-4-3-21-12-25/h3-4,6-7,10-13,15H,1-2,5,8-9H2,(H2,20,27,28)(H,22,23,24)/t13-,15+/m1/s1. The number of anilines is 1. The predicted octanol–water partition coefficient (Wildman–Crippen LogP) is 1.81. The van der Waals surface area contributed by atoms with E-state index in [2.05, 4.69) is 20.3 Å². The Kier molecular flexibility index (Phi) is 6.41. The van der Waals surface area contributed by atoms with Gasteiger partial charge in [-0.1, -0.05) is 0 Å². The molecule has 0 aromatic carbocycles. The lowest BCUT2D eigenvalue weighted by Crippen LogP contribution is -2.22. The lowest BCUT2D eigenvalue weighted by molar-refractivity contribution is 0.104. The number of aromatic nitrogens is 4. The van der Waals surface area contributed by atoms with Crippen LogP contribution in [0.3, 0.4) is 0 Å². The summed E-state index contributed by atoms with van der Waals surface area (Å²) in [7, 11) is -3.94. The van der Waals surface area contributed by atoms with Crippen molar-refractivity contribution in [2.24, 2.45) is 11.1 Å². The van der Waals surface area contributed by atoms with Crippen molar-refractivity contribution in [1.29, 1.82) is 0 Å². The number of carbonyl (C=O) groups is 1. The van der Waals surface area contributed by atoms with E-state index in [0.717, 1.165) is 18.4 Å². The van der Waals surface area contributed by atoms with Gasteiger partial charge in [0.05, 0.1) is 23.4 Å². The zero-order valence-corrected chi connectivity index (χ0v) is 18.2. The lowest BCUT2D eigenvalue weighted by Gasteiger charge is -2.15. The van der Waals surface area contributed by atoms with Gasteiger partial charge in [0.1, 0.15) is 12.1 Å². The minimum atomic E-state index is -3.94. The molecule has 0 radical (unpaired) electrons. The number of ketones is 1. The Hall–Kier alpha value is -2.67. The molecule has 1 aliphatic carbocycles. The van der Waals surface area contributed by atoms with Gasteiger partial charge in [-0.2, -0.15) is 8.42 Å². The molecular weight excluding hydrogens is 440 g/mol. The van der Waals surface area contributed by atoms with Crippen LogP contribution in [0, 0.1) is 5.92 Å². The average molecular weight is 463 g/mol. The molecule has 0 unspecified atom stereocenters. The molecule has 164 valence electrons. The van der Waals surface area contributed by atoms with E-state index >= 15 is 0 Å². The van der Waals surface area contributed by atoms with Crippen LogP contribution >= 0.6 is 11.3 Å². The van der Waals surface area contributed by atoms with Crippen molar-refractivity contribution in [1.82, 2.24) is 19.5 Å². The first-order valence-electron chi connectivity index (χ1n) is 9.69. The van der Waals surface area contributed by atoms with Crippen LogP contribution in [-0.2, 0) is 21.0 Å². The van der Waals surface area contributed by atoms with E-state index in [0.29, 0.717) is 29.2 Å². The van der Waals surface area contributed by atoms with E-state index in [4.69, 9.17) is 9.32 Å². The van der Waals surface area contributed by atoms with E-state index in [9.17, 15) is 13.2 Å². The molecule has 0 bridgehead atoms. The van der Waals surface area contributed by atoms with E-state index in [1.807, 2.05) is 22.2 Å². The molecule has 10 nitrogen and oxygen atoms in total. The van der Waals surface area contributed by atoms with Crippen LogP contribution in [0.2, 0.25) is 0 Å². The number of nitrogens with zero attached hydrogens (tertiary/aromatic N) is 4. The Morgan fingerprint density at radius 2 is 2.23 bits per heavy atom.